The first kappa shape index (κ1) is 25.1. The largest absolute Gasteiger partial charge is 0.494 e. The molecular formula is C22H27N3O6S2. The maximum Gasteiger partial charge on any atom is 0.257 e. The molecular weight excluding hydrogens is 466 g/mol. The Labute approximate surface area is 197 Å². The van der Waals surface area contributed by atoms with Gasteiger partial charge in [0.1, 0.15) is 11.3 Å². The Morgan fingerprint density at radius 2 is 1.67 bits per heavy atom. The summed E-state index contributed by atoms with van der Waals surface area (Å²) in [5, 5.41) is 3.22. The van der Waals surface area contributed by atoms with E-state index in [4.69, 9.17) is 14.2 Å². The molecule has 0 spiro atoms. The number of sulfonamides is 1. The molecule has 11 heteroatoms. The van der Waals surface area contributed by atoms with Crippen LogP contribution in [0, 0.1) is 6.92 Å². The maximum absolute atomic E-state index is 13.0. The summed E-state index contributed by atoms with van der Waals surface area (Å²) < 4.78 is 43.6. The molecule has 1 amide bonds. The second-order valence-electron chi connectivity index (χ2n) is 7.15. The normalized spacial score (nSPS) is 11.8. The van der Waals surface area contributed by atoms with E-state index in [9.17, 15) is 13.2 Å². The van der Waals surface area contributed by atoms with Crippen molar-refractivity contribution in [3.05, 3.63) is 47.5 Å². The molecule has 1 heterocycles. The Bertz CT molecular complexity index is 1200. The van der Waals surface area contributed by atoms with Crippen LogP contribution in [0.5, 0.6) is 5.75 Å². The predicted octanol–water partition coefficient (Wildman–Crippen LogP) is 3.15. The lowest BCUT2D eigenvalue weighted by Crippen LogP contribution is -2.36. The fourth-order valence-corrected chi connectivity index (χ4v) is 5.52. The number of fused-ring (bicyclic) bond motifs is 1. The summed E-state index contributed by atoms with van der Waals surface area (Å²) in [6.45, 7) is 2.88. The number of anilines is 1. The number of amides is 1. The molecule has 0 atom stereocenters. The molecule has 9 nitrogen and oxygen atoms in total. The maximum atomic E-state index is 13.0. The van der Waals surface area contributed by atoms with Gasteiger partial charge in [-0.05, 0) is 42.8 Å². The number of methoxy groups -OCH3 is 3. The van der Waals surface area contributed by atoms with Crippen molar-refractivity contribution in [3.63, 3.8) is 0 Å². The number of aryl methyl sites for hydroxylation is 1. The van der Waals surface area contributed by atoms with Gasteiger partial charge in [-0.25, -0.2) is 13.4 Å². The van der Waals surface area contributed by atoms with Gasteiger partial charge in [0.05, 0.1) is 29.9 Å². The fourth-order valence-electron chi connectivity index (χ4n) is 3.16. The Balaban J connectivity index is 1.78. The summed E-state index contributed by atoms with van der Waals surface area (Å²) >= 11 is 1.35. The SMILES string of the molecule is COCCN(CCOC)S(=O)(=O)c1ccc(C(=O)Nc2nc3c(OC)ccc(C)c3s2)cc1. The average molecular weight is 494 g/mol. The summed E-state index contributed by atoms with van der Waals surface area (Å²) in [6.07, 6.45) is 0. The number of carbonyl (C=O) groups excluding carboxylic acids is 1. The molecule has 1 N–H and O–H groups in total. The number of thiazole rings is 1. The van der Waals surface area contributed by atoms with Crippen molar-refractivity contribution in [1.82, 2.24) is 9.29 Å². The molecule has 0 saturated carbocycles. The molecule has 0 bridgehead atoms. The molecule has 0 fully saturated rings. The Kier molecular flexibility index (Phi) is 8.38. The lowest BCUT2D eigenvalue weighted by molar-refractivity contribution is 0.102. The van der Waals surface area contributed by atoms with Gasteiger partial charge in [-0.1, -0.05) is 17.4 Å². The zero-order valence-electron chi connectivity index (χ0n) is 19.0. The van der Waals surface area contributed by atoms with Gasteiger partial charge in [-0.15, -0.1) is 0 Å². The van der Waals surface area contributed by atoms with E-state index in [-0.39, 0.29) is 37.1 Å². The third-order valence-corrected chi connectivity index (χ3v) is 8.01. The van der Waals surface area contributed by atoms with Gasteiger partial charge >= 0.3 is 0 Å². The summed E-state index contributed by atoms with van der Waals surface area (Å²) in [4.78, 5) is 17.3. The lowest BCUT2D eigenvalue weighted by Gasteiger charge is -2.21. The van der Waals surface area contributed by atoms with Gasteiger partial charge in [0.2, 0.25) is 10.0 Å². The van der Waals surface area contributed by atoms with Crippen LogP contribution in [0.2, 0.25) is 0 Å². The summed E-state index contributed by atoms with van der Waals surface area (Å²) in [5.74, 6) is 0.249. The van der Waals surface area contributed by atoms with E-state index in [1.165, 1.54) is 54.1 Å². The number of nitrogens with one attached hydrogen (secondary N) is 1. The number of hydrogen-bond acceptors (Lipinski definition) is 8. The van der Waals surface area contributed by atoms with Crippen molar-refractivity contribution in [2.75, 3.05) is 52.9 Å². The van der Waals surface area contributed by atoms with Gasteiger partial charge in [0.25, 0.3) is 5.91 Å². The van der Waals surface area contributed by atoms with E-state index in [1.54, 1.807) is 7.11 Å². The highest BCUT2D eigenvalue weighted by molar-refractivity contribution is 7.89. The third kappa shape index (κ3) is 5.68. The first-order valence-corrected chi connectivity index (χ1v) is 12.4. The molecule has 3 rings (SSSR count). The minimum Gasteiger partial charge on any atom is -0.494 e. The smallest absolute Gasteiger partial charge is 0.257 e. The van der Waals surface area contributed by atoms with E-state index in [1.807, 2.05) is 19.1 Å². The zero-order valence-corrected chi connectivity index (χ0v) is 20.6. The van der Waals surface area contributed by atoms with Crippen LogP contribution < -0.4 is 10.1 Å². The van der Waals surface area contributed by atoms with Gasteiger partial charge in [-0.3, -0.25) is 10.1 Å². The second kappa shape index (κ2) is 11.0. The summed E-state index contributed by atoms with van der Waals surface area (Å²) in [7, 11) is 0.836. The highest BCUT2D eigenvalue weighted by Gasteiger charge is 2.24. The summed E-state index contributed by atoms with van der Waals surface area (Å²) in [6, 6.07) is 9.57. The number of rotatable bonds is 11. The Morgan fingerprint density at radius 3 is 2.24 bits per heavy atom. The van der Waals surface area contributed by atoms with Crippen molar-refractivity contribution in [3.8, 4) is 5.75 Å². The standard InChI is InChI=1S/C22H27N3O6S2/c1-15-5-10-18(31-4)19-20(15)32-22(23-19)24-21(26)16-6-8-17(9-7-16)33(27,28)25(11-13-29-2)12-14-30-3/h5-10H,11-14H2,1-4H3,(H,23,24,26). The van der Waals surface area contributed by atoms with E-state index in [2.05, 4.69) is 10.3 Å². The molecule has 2 aromatic carbocycles. The molecule has 1 aromatic heterocycles. The van der Waals surface area contributed by atoms with Crippen LogP contribution >= 0.6 is 11.3 Å². The van der Waals surface area contributed by atoms with Crippen LogP contribution in [0.3, 0.4) is 0 Å². The van der Waals surface area contributed by atoms with Crippen LogP contribution in [0.4, 0.5) is 5.13 Å². The Morgan fingerprint density at radius 1 is 1.03 bits per heavy atom. The molecule has 0 radical (unpaired) electrons. The molecule has 33 heavy (non-hydrogen) atoms. The minimum absolute atomic E-state index is 0.0894. The van der Waals surface area contributed by atoms with Gasteiger partial charge in [0, 0.05) is 32.9 Å². The zero-order chi connectivity index (χ0) is 24.0. The van der Waals surface area contributed by atoms with Crippen molar-refractivity contribution in [1.29, 1.82) is 0 Å². The number of aromatic nitrogens is 1. The molecule has 178 valence electrons. The number of nitrogens with zero attached hydrogens (tertiary/aromatic N) is 2. The molecule has 0 aliphatic rings. The summed E-state index contributed by atoms with van der Waals surface area (Å²) in [5.41, 5.74) is 2.04. The van der Waals surface area contributed by atoms with Crippen molar-refractivity contribution < 1.29 is 27.4 Å². The third-order valence-electron chi connectivity index (χ3n) is 4.99. The number of carbonyl (C=O) groups is 1. The lowest BCUT2D eigenvalue weighted by atomic mass is 10.2. The number of ether oxygens (including phenoxy) is 3. The van der Waals surface area contributed by atoms with E-state index in [0.29, 0.717) is 22.0 Å². The minimum atomic E-state index is -3.76. The highest BCUT2D eigenvalue weighted by atomic mass is 32.2. The van der Waals surface area contributed by atoms with Crippen LogP contribution in [0.1, 0.15) is 15.9 Å². The van der Waals surface area contributed by atoms with Crippen molar-refractivity contribution >= 4 is 42.6 Å². The molecule has 0 aliphatic carbocycles. The first-order valence-electron chi connectivity index (χ1n) is 10.2. The fraction of sp³-hybridized carbons (Fsp3) is 0.364. The van der Waals surface area contributed by atoms with E-state index in [0.717, 1.165) is 10.3 Å². The van der Waals surface area contributed by atoms with Gasteiger partial charge in [-0.2, -0.15) is 4.31 Å². The van der Waals surface area contributed by atoms with Crippen LogP contribution in [-0.2, 0) is 19.5 Å². The topological polar surface area (TPSA) is 107 Å². The van der Waals surface area contributed by atoms with Crippen LogP contribution in [0.25, 0.3) is 10.2 Å². The Hall–Kier alpha value is -2.57. The van der Waals surface area contributed by atoms with E-state index >= 15 is 0 Å². The first-order chi connectivity index (χ1) is 15.8. The van der Waals surface area contributed by atoms with E-state index < -0.39 is 10.0 Å². The van der Waals surface area contributed by atoms with Crippen molar-refractivity contribution in [2.24, 2.45) is 0 Å². The average Bonchev–Trinajstić information content (AvgIpc) is 3.24. The number of hydrogen-bond donors (Lipinski definition) is 1. The molecule has 0 aliphatic heterocycles. The highest BCUT2D eigenvalue weighted by Crippen LogP contribution is 2.34. The van der Waals surface area contributed by atoms with Gasteiger partial charge < -0.3 is 14.2 Å². The molecule has 0 unspecified atom stereocenters. The second-order valence-corrected chi connectivity index (χ2v) is 10.1. The van der Waals surface area contributed by atoms with Gasteiger partial charge in [0.15, 0.2) is 5.13 Å². The predicted molar refractivity (Wildman–Crippen MR) is 128 cm³/mol. The van der Waals surface area contributed by atoms with Crippen LogP contribution in [-0.4, -0.2) is 71.2 Å². The van der Waals surface area contributed by atoms with Crippen LogP contribution in [0.15, 0.2) is 41.3 Å². The quantitative estimate of drug-likeness (QED) is 0.437. The monoisotopic (exact) mass is 493 g/mol. The molecule has 0 saturated heterocycles. The number of benzene rings is 2. The molecule has 3 aromatic rings. The van der Waals surface area contributed by atoms with Crippen molar-refractivity contribution in [2.45, 2.75) is 11.8 Å².